The average Bonchev–Trinajstić information content (AvgIpc) is 2.17. The number of carboxylic acids is 1. The Labute approximate surface area is 89.0 Å². The molecule has 15 heavy (non-hydrogen) atoms. The monoisotopic (exact) mass is 206 g/mol. The summed E-state index contributed by atoms with van der Waals surface area (Å²) in [5.74, 6) is -0.251. The summed E-state index contributed by atoms with van der Waals surface area (Å²) in [5.41, 5.74) is 1.61. The lowest BCUT2D eigenvalue weighted by Gasteiger charge is -2.08. The lowest BCUT2D eigenvalue weighted by molar-refractivity contribution is -0.130. The highest BCUT2D eigenvalue weighted by atomic mass is 16.5. The molecule has 1 N–H and O–H groups in total. The van der Waals surface area contributed by atoms with Gasteiger partial charge in [0.15, 0.2) is 0 Å². The summed E-state index contributed by atoms with van der Waals surface area (Å²) in [5, 5.41) is 8.80. The quantitative estimate of drug-likeness (QED) is 0.770. The molecule has 3 heteroatoms. The second kappa shape index (κ2) is 4.64. The first kappa shape index (κ1) is 11.3. The van der Waals surface area contributed by atoms with E-state index in [9.17, 15) is 4.79 Å². The molecular weight excluding hydrogens is 192 g/mol. The van der Waals surface area contributed by atoms with Gasteiger partial charge in [-0.05, 0) is 37.1 Å². The third-order valence-corrected chi connectivity index (χ3v) is 2.09. The summed E-state index contributed by atoms with van der Waals surface area (Å²) in [6, 6.07) is 5.28. The van der Waals surface area contributed by atoms with Crippen LogP contribution in [0.25, 0.3) is 5.57 Å². The topological polar surface area (TPSA) is 46.5 Å². The van der Waals surface area contributed by atoms with Crippen molar-refractivity contribution in [3.63, 3.8) is 0 Å². The smallest absolute Gasteiger partial charge is 0.335 e. The molecule has 0 spiro atoms. The van der Waals surface area contributed by atoms with E-state index in [1.165, 1.54) is 0 Å². The van der Waals surface area contributed by atoms with Gasteiger partial charge >= 0.3 is 5.97 Å². The number of aryl methyl sites for hydroxylation is 1. The van der Waals surface area contributed by atoms with Crippen LogP contribution in [0, 0.1) is 6.92 Å². The van der Waals surface area contributed by atoms with E-state index < -0.39 is 5.97 Å². The van der Waals surface area contributed by atoms with Crippen LogP contribution in [0.4, 0.5) is 0 Å². The average molecular weight is 206 g/mol. The van der Waals surface area contributed by atoms with Crippen molar-refractivity contribution in [2.75, 3.05) is 6.61 Å². The normalized spacial score (nSPS) is 9.73. The van der Waals surface area contributed by atoms with Crippen molar-refractivity contribution in [1.29, 1.82) is 0 Å². The maximum Gasteiger partial charge on any atom is 0.335 e. The standard InChI is InChI=1S/C12H14O3/c1-4-15-10-5-6-11(8(2)7-10)9(3)12(13)14/h5-7H,3-4H2,1-2H3,(H,13,14). The van der Waals surface area contributed by atoms with E-state index in [-0.39, 0.29) is 5.57 Å². The van der Waals surface area contributed by atoms with Crippen LogP contribution >= 0.6 is 0 Å². The Morgan fingerprint density at radius 3 is 2.67 bits per heavy atom. The molecule has 3 nitrogen and oxygen atoms in total. The fourth-order valence-electron chi connectivity index (χ4n) is 1.35. The van der Waals surface area contributed by atoms with Crippen LogP contribution in [0.15, 0.2) is 24.8 Å². The van der Waals surface area contributed by atoms with Gasteiger partial charge in [-0.15, -0.1) is 0 Å². The highest BCUT2D eigenvalue weighted by Crippen LogP contribution is 2.22. The molecule has 1 aromatic carbocycles. The molecule has 0 bridgehead atoms. The van der Waals surface area contributed by atoms with Gasteiger partial charge < -0.3 is 9.84 Å². The van der Waals surface area contributed by atoms with Gasteiger partial charge in [-0.25, -0.2) is 4.79 Å². The molecule has 0 heterocycles. The molecule has 1 aromatic rings. The van der Waals surface area contributed by atoms with Crippen LogP contribution in [0.5, 0.6) is 5.75 Å². The molecule has 0 aliphatic rings. The Kier molecular flexibility index (Phi) is 3.50. The first-order valence-electron chi connectivity index (χ1n) is 4.72. The van der Waals surface area contributed by atoms with Crippen LogP contribution in [-0.2, 0) is 4.79 Å². The number of aliphatic carboxylic acids is 1. The minimum Gasteiger partial charge on any atom is -0.494 e. The lowest BCUT2D eigenvalue weighted by Crippen LogP contribution is -2.00. The van der Waals surface area contributed by atoms with Crippen LogP contribution in [0.1, 0.15) is 18.1 Å². The molecule has 0 atom stereocenters. The third kappa shape index (κ3) is 2.59. The van der Waals surface area contributed by atoms with Crippen molar-refractivity contribution in [2.24, 2.45) is 0 Å². The molecule has 0 aliphatic heterocycles. The first-order chi connectivity index (χ1) is 7.06. The maximum absolute atomic E-state index is 10.7. The fourth-order valence-corrected chi connectivity index (χ4v) is 1.35. The van der Waals surface area contributed by atoms with Crippen molar-refractivity contribution < 1.29 is 14.6 Å². The molecule has 0 aromatic heterocycles. The summed E-state index contributed by atoms with van der Waals surface area (Å²) >= 11 is 0. The zero-order valence-electron chi connectivity index (χ0n) is 8.91. The Morgan fingerprint density at radius 2 is 2.20 bits per heavy atom. The van der Waals surface area contributed by atoms with Gasteiger partial charge in [0, 0.05) is 0 Å². The summed E-state index contributed by atoms with van der Waals surface area (Å²) in [7, 11) is 0. The lowest BCUT2D eigenvalue weighted by atomic mass is 10.0. The number of ether oxygens (including phenoxy) is 1. The summed E-state index contributed by atoms with van der Waals surface area (Å²) < 4.78 is 5.30. The Hall–Kier alpha value is -1.77. The molecule has 0 fully saturated rings. The Bertz CT molecular complexity index is 394. The number of carbonyl (C=O) groups is 1. The van der Waals surface area contributed by atoms with E-state index in [0.29, 0.717) is 12.2 Å². The minimum absolute atomic E-state index is 0.107. The zero-order valence-corrected chi connectivity index (χ0v) is 8.91. The van der Waals surface area contributed by atoms with E-state index >= 15 is 0 Å². The molecular formula is C12H14O3. The van der Waals surface area contributed by atoms with Gasteiger partial charge in [-0.3, -0.25) is 0 Å². The van der Waals surface area contributed by atoms with E-state index in [0.717, 1.165) is 11.3 Å². The number of benzene rings is 1. The first-order valence-corrected chi connectivity index (χ1v) is 4.72. The molecule has 0 unspecified atom stereocenters. The SMILES string of the molecule is C=C(C(=O)O)c1ccc(OCC)cc1C. The molecule has 0 saturated heterocycles. The van der Waals surface area contributed by atoms with Gasteiger partial charge in [0.2, 0.25) is 0 Å². The van der Waals surface area contributed by atoms with Gasteiger partial charge in [-0.1, -0.05) is 12.6 Å². The number of carboxylic acid groups (broad SMARTS) is 1. The Morgan fingerprint density at radius 1 is 1.53 bits per heavy atom. The molecule has 0 aliphatic carbocycles. The van der Waals surface area contributed by atoms with E-state index in [2.05, 4.69) is 6.58 Å². The molecule has 1 rings (SSSR count). The van der Waals surface area contributed by atoms with Gasteiger partial charge in [0.05, 0.1) is 12.2 Å². The second-order valence-corrected chi connectivity index (χ2v) is 3.19. The van der Waals surface area contributed by atoms with Crippen molar-refractivity contribution >= 4 is 11.5 Å². The highest BCUT2D eigenvalue weighted by Gasteiger charge is 2.10. The van der Waals surface area contributed by atoms with Crippen molar-refractivity contribution in [3.8, 4) is 5.75 Å². The highest BCUT2D eigenvalue weighted by molar-refractivity contribution is 6.14. The molecule has 0 amide bonds. The molecule has 0 saturated carbocycles. The summed E-state index contributed by atoms with van der Waals surface area (Å²) in [6.07, 6.45) is 0. The van der Waals surface area contributed by atoms with E-state index in [1.807, 2.05) is 19.9 Å². The van der Waals surface area contributed by atoms with Crippen LogP contribution in [0.2, 0.25) is 0 Å². The van der Waals surface area contributed by atoms with Crippen molar-refractivity contribution in [2.45, 2.75) is 13.8 Å². The third-order valence-electron chi connectivity index (χ3n) is 2.09. The Balaban J connectivity index is 3.03. The van der Waals surface area contributed by atoms with Crippen LogP contribution in [-0.4, -0.2) is 17.7 Å². The summed E-state index contributed by atoms with van der Waals surface area (Å²) in [6.45, 7) is 7.86. The second-order valence-electron chi connectivity index (χ2n) is 3.19. The minimum atomic E-state index is -0.998. The van der Waals surface area contributed by atoms with Crippen molar-refractivity contribution in [3.05, 3.63) is 35.9 Å². The van der Waals surface area contributed by atoms with Crippen LogP contribution < -0.4 is 4.74 Å². The maximum atomic E-state index is 10.7. The van der Waals surface area contributed by atoms with Gasteiger partial charge in [0.25, 0.3) is 0 Å². The number of rotatable bonds is 4. The number of hydrogen-bond donors (Lipinski definition) is 1. The fraction of sp³-hybridized carbons (Fsp3) is 0.250. The molecule has 0 radical (unpaired) electrons. The van der Waals surface area contributed by atoms with Gasteiger partial charge in [-0.2, -0.15) is 0 Å². The predicted molar refractivity (Wildman–Crippen MR) is 59.0 cm³/mol. The van der Waals surface area contributed by atoms with Crippen molar-refractivity contribution in [1.82, 2.24) is 0 Å². The predicted octanol–water partition coefficient (Wildman–Crippen LogP) is 2.49. The summed E-state index contributed by atoms with van der Waals surface area (Å²) in [4.78, 5) is 10.7. The van der Waals surface area contributed by atoms with Gasteiger partial charge in [0.1, 0.15) is 5.75 Å². The van der Waals surface area contributed by atoms with E-state index in [4.69, 9.17) is 9.84 Å². The largest absolute Gasteiger partial charge is 0.494 e. The molecule has 80 valence electrons. The van der Waals surface area contributed by atoms with Crippen LogP contribution in [0.3, 0.4) is 0 Å². The van der Waals surface area contributed by atoms with E-state index in [1.54, 1.807) is 12.1 Å². The zero-order chi connectivity index (χ0) is 11.4. The number of hydrogen-bond acceptors (Lipinski definition) is 2.